The van der Waals surface area contributed by atoms with Crippen molar-refractivity contribution >= 4 is 0 Å². The molecule has 2 aromatic carbocycles. The van der Waals surface area contributed by atoms with E-state index in [0.29, 0.717) is 0 Å². The Morgan fingerprint density at radius 2 is 1.12 bits per heavy atom. The van der Waals surface area contributed by atoms with Crippen molar-refractivity contribution in [2.45, 2.75) is 26.9 Å². The second-order valence-corrected chi connectivity index (χ2v) is 5.94. The van der Waals surface area contributed by atoms with E-state index in [9.17, 15) is 0 Å². The van der Waals surface area contributed by atoms with Crippen molar-refractivity contribution < 1.29 is 9.47 Å². The van der Waals surface area contributed by atoms with Crippen molar-refractivity contribution in [2.24, 2.45) is 0 Å². The molecule has 0 atom stereocenters. The number of ether oxygens (including phenoxy) is 2. The number of hydrogen-bond acceptors (Lipinski definition) is 4. The lowest BCUT2D eigenvalue weighted by atomic mass is 10.1. The van der Waals surface area contributed by atoms with E-state index in [0.717, 1.165) is 37.7 Å². The van der Waals surface area contributed by atoms with E-state index >= 15 is 0 Å². The van der Waals surface area contributed by atoms with Crippen molar-refractivity contribution in [1.82, 2.24) is 10.6 Å². The van der Waals surface area contributed by atoms with Gasteiger partial charge in [0.25, 0.3) is 0 Å². The molecule has 24 heavy (non-hydrogen) atoms. The molecule has 0 saturated carbocycles. The maximum atomic E-state index is 5.24. The standard InChI is InChI=1S/C20H28N2O2/c1-15-11-19(23-3)7-5-17(15)13-21-9-10-22-14-18-6-8-20(24-4)12-16(18)2/h5-8,11-12,21-22H,9-10,13-14H2,1-4H3. The van der Waals surface area contributed by atoms with E-state index in [4.69, 9.17) is 9.47 Å². The molecule has 0 aliphatic heterocycles. The largest absolute Gasteiger partial charge is 0.497 e. The molecule has 2 rings (SSSR count). The van der Waals surface area contributed by atoms with E-state index in [1.807, 2.05) is 12.1 Å². The van der Waals surface area contributed by atoms with E-state index in [1.165, 1.54) is 22.3 Å². The molecule has 0 radical (unpaired) electrons. The van der Waals surface area contributed by atoms with Gasteiger partial charge in [-0.25, -0.2) is 0 Å². The van der Waals surface area contributed by atoms with Crippen LogP contribution >= 0.6 is 0 Å². The highest BCUT2D eigenvalue weighted by atomic mass is 16.5. The fourth-order valence-corrected chi connectivity index (χ4v) is 2.61. The van der Waals surface area contributed by atoms with Crippen LogP contribution in [0.2, 0.25) is 0 Å². The SMILES string of the molecule is COc1ccc(CNCCNCc2ccc(OC)cc2C)c(C)c1. The van der Waals surface area contributed by atoms with Crippen LogP contribution in [0.5, 0.6) is 11.5 Å². The molecule has 0 aliphatic rings. The maximum Gasteiger partial charge on any atom is 0.119 e. The predicted molar refractivity (Wildman–Crippen MR) is 98.9 cm³/mol. The lowest BCUT2D eigenvalue weighted by Gasteiger charge is -2.11. The summed E-state index contributed by atoms with van der Waals surface area (Å²) in [6.45, 7) is 7.84. The van der Waals surface area contributed by atoms with Gasteiger partial charge >= 0.3 is 0 Å². The van der Waals surface area contributed by atoms with E-state index in [-0.39, 0.29) is 0 Å². The second kappa shape index (κ2) is 9.30. The quantitative estimate of drug-likeness (QED) is 0.694. The first-order valence-corrected chi connectivity index (χ1v) is 8.32. The molecule has 0 bridgehead atoms. The molecular formula is C20H28N2O2. The van der Waals surface area contributed by atoms with Crippen molar-refractivity contribution in [3.8, 4) is 11.5 Å². The van der Waals surface area contributed by atoms with Crippen molar-refractivity contribution in [1.29, 1.82) is 0 Å². The van der Waals surface area contributed by atoms with Gasteiger partial charge in [-0.15, -0.1) is 0 Å². The van der Waals surface area contributed by atoms with Crippen LogP contribution in [0.25, 0.3) is 0 Å². The normalized spacial score (nSPS) is 10.7. The van der Waals surface area contributed by atoms with Crippen molar-refractivity contribution in [2.75, 3.05) is 27.3 Å². The monoisotopic (exact) mass is 328 g/mol. The second-order valence-electron chi connectivity index (χ2n) is 5.94. The van der Waals surface area contributed by atoms with Gasteiger partial charge in [0, 0.05) is 26.2 Å². The van der Waals surface area contributed by atoms with Crippen molar-refractivity contribution in [3.05, 3.63) is 58.7 Å². The smallest absolute Gasteiger partial charge is 0.119 e. The summed E-state index contributed by atoms with van der Waals surface area (Å²) in [6, 6.07) is 12.4. The minimum Gasteiger partial charge on any atom is -0.497 e. The summed E-state index contributed by atoms with van der Waals surface area (Å²) in [5.74, 6) is 1.82. The van der Waals surface area contributed by atoms with E-state index < -0.39 is 0 Å². The number of nitrogens with one attached hydrogen (secondary N) is 2. The van der Waals surface area contributed by atoms with Crippen LogP contribution < -0.4 is 20.1 Å². The van der Waals surface area contributed by atoms with Crippen LogP contribution in [-0.2, 0) is 13.1 Å². The van der Waals surface area contributed by atoms with Crippen LogP contribution in [0.3, 0.4) is 0 Å². The van der Waals surface area contributed by atoms with Crippen LogP contribution in [0.1, 0.15) is 22.3 Å². The topological polar surface area (TPSA) is 42.5 Å². The van der Waals surface area contributed by atoms with E-state index in [1.54, 1.807) is 14.2 Å². The average Bonchev–Trinajstić information content (AvgIpc) is 2.60. The first-order valence-electron chi connectivity index (χ1n) is 8.32. The number of methoxy groups -OCH3 is 2. The Hall–Kier alpha value is -2.04. The average molecular weight is 328 g/mol. The number of aryl methyl sites for hydroxylation is 2. The number of rotatable bonds is 9. The third kappa shape index (κ3) is 5.25. The highest BCUT2D eigenvalue weighted by molar-refractivity contribution is 5.35. The summed E-state index contributed by atoms with van der Waals surface area (Å²) < 4.78 is 10.5. The van der Waals surface area contributed by atoms with Gasteiger partial charge in [0.15, 0.2) is 0 Å². The Kier molecular flexibility index (Phi) is 7.09. The Morgan fingerprint density at radius 3 is 1.46 bits per heavy atom. The fraction of sp³-hybridized carbons (Fsp3) is 0.400. The summed E-state index contributed by atoms with van der Waals surface area (Å²) in [5.41, 5.74) is 5.12. The lowest BCUT2D eigenvalue weighted by Crippen LogP contribution is -2.27. The first-order chi connectivity index (χ1) is 11.6. The summed E-state index contributed by atoms with van der Waals surface area (Å²) in [5, 5.41) is 6.95. The Bertz CT molecular complexity index is 599. The van der Waals surface area contributed by atoms with Crippen LogP contribution in [0.4, 0.5) is 0 Å². The molecule has 0 fully saturated rings. The van der Waals surface area contributed by atoms with Crippen molar-refractivity contribution in [3.63, 3.8) is 0 Å². The fourth-order valence-electron chi connectivity index (χ4n) is 2.61. The Morgan fingerprint density at radius 1 is 0.708 bits per heavy atom. The molecule has 4 heteroatoms. The zero-order chi connectivity index (χ0) is 17.4. The zero-order valence-corrected chi connectivity index (χ0v) is 15.1. The lowest BCUT2D eigenvalue weighted by molar-refractivity contribution is 0.414. The minimum absolute atomic E-state index is 0.874. The third-order valence-electron chi connectivity index (χ3n) is 4.21. The highest BCUT2D eigenvalue weighted by Gasteiger charge is 2.01. The molecule has 0 aliphatic carbocycles. The van der Waals surface area contributed by atoms with Crippen LogP contribution in [0.15, 0.2) is 36.4 Å². The molecule has 0 aromatic heterocycles. The molecular weight excluding hydrogens is 300 g/mol. The van der Waals surface area contributed by atoms with E-state index in [2.05, 4.69) is 48.7 Å². The van der Waals surface area contributed by atoms with Gasteiger partial charge in [-0.1, -0.05) is 12.1 Å². The van der Waals surface area contributed by atoms with Gasteiger partial charge in [0.1, 0.15) is 11.5 Å². The molecule has 130 valence electrons. The molecule has 0 heterocycles. The summed E-state index contributed by atoms with van der Waals surface area (Å²) in [7, 11) is 3.39. The van der Waals surface area contributed by atoms with Crippen LogP contribution in [0, 0.1) is 13.8 Å². The molecule has 0 spiro atoms. The molecule has 0 saturated heterocycles. The first kappa shape index (κ1) is 18.3. The zero-order valence-electron chi connectivity index (χ0n) is 15.1. The Labute approximate surface area is 145 Å². The van der Waals surface area contributed by atoms with Crippen LogP contribution in [-0.4, -0.2) is 27.3 Å². The molecule has 0 unspecified atom stereocenters. The predicted octanol–water partition coefficient (Wildman–Crippen LogP) is 3.20. The Balaban J connectivity index is 1.68. The maximum absolute atomic E-state index is 5.24. The van der Waals surface area contributed by atoms with Gasteiger partial charge in [-0.2, -0.15) is 0 Å². The van der Waals surface area contributed by atoms with Gasteiger partial charge in [0.05, 0.1) is 14.2 Å². The summed E-state index contributed by atoms with van der Waals surface area (Å²) in [4.78, 5) is 0. The van der Waals surface area contributed by atoms with Gasteiger partial charge in [-0.05, 0) is 60.4 Å². The van der Waals surface area contributed by atoms with Gasteiger partial charge < -0.3 is 20.1 Å². The molecule has 2 aromatic rings. The van der Waals surface area contributed by atoms with Gasteiger partial charge in [-0.3, -0.25) is 0 Å². The number of benzene rings is 2. The molecule has 0 amide bonds. The summed E-state index contributed by atoms with van der Waals surface area (Å²) in [6.07, 6.45) is 0. The third-order valence-corrected chi connectivity index (χ3v) is 4.21. The molecule has 4 nitrogen and oxygen atoms in total. The minimum atomic E-state index is 0.874. The number of hydrogen-bond donors (Lipinski definition) is 2. The molecule has 2 N–H and O–H groups in total. The highest BCUT2D eigenvalue weighted by Crippen LogP contribution is 2.17. The van der Waals surface area contributed by atoms with Gasteiger partial charge in [0.2, 0.25) is 0 Å². The summed E-state index contributed by atoms with van der Waals surface area (Å²) >= 11 is 0.